The molecule has 3 nitrogen and oxygen atoms in total. The largest absolute Gasteiger partial charge is 0.496 e. The highest BCUT2D eigenvalue weighted by molar-refractivity contribution is 8.84. The Bertz CT molecular complexity index is 687. The predicted octanol–water partition coefficient (Wildman–Crippen LogP) is 3.74. The van der Waals surface area contributed by atoms with Crippen LogP contribution in [0.4, 0.5) is 0 Å². The molecule has 3 rings (SSSR count). The van der Waals surface area contributed by atoms with Gasteiger partial charge in [-0.15, -0.1) is 0 Å². The molecule has 0 amide bonds. The Kier molecular flexibility index (Phi) is 3.80. The molecule has 2 aliphatic rings. The first kappa shape index (κ1) is 13.3. The lowest BCUT2D eigenvalue weighted by Gasteiger charge is -2.05. The second kappa shape index (κ2) is 5.73. The molecule has 0 aromatic heterocycles. The van der Waals surface area contributed by atoms with Crippen molar-refractivity contribution in [1.29, 1.82) is 0 Å². The Morgan fingerprint density at radius 3 is 2.70 bits per heavy atom. The fraction of sp³-hybridized carbons (Fsp3) is 0.0667. The van der Waals surface area contributed by atoms with Gasteiger partial charge in [0.15, 0.2) is 5.78 Å². The first-order valence-electron chi connectivity index (χ1n) is 5.99. The molecule has 0 unspecified atom stereocenters. The fourth-order valence-electron chi connectivity index (χ4n) is 1.88. The number of hydrogen-bond acceptors (Lipinski definition) is 5. The van der Waals surface area contributed by atoms with Gasteiger partial charge in [0, 0.05) is 5.56 Å². The van der Waals surface area contributed by atoms with E-state index in [9.17, 15) is 4.79 Å². The lowest BCUT2D eigenvalue weighted by Crippen LogP contribution is -2.00. The van der Waals surface area contributed by atoms with E-state index in [4.69, 9.17) is 4.74 Å². The monoisotopic (exact) mass is 301 g/mol. The number of methoxy groups -OCH3 is 1. The van der Waals surface area contributed by atoms with E-state index in [1.807, 2.05) is 30.3 Å². The van der Waals surface area contributed by atoms with Crippen molar-refractivity contribution in [3.8, 4) is 5.75 Å². The zero-order chi connectivity index (χ0) is 13.9. The molecule has 0 atom stereocenters. The summed E-state index contributed by atoms with van der Waals surface area (Å²) in [4.78, 5) is 16.4. The van der Waals surface area contributed by atoms with Crippen LogP contribution in [0.15, 0.2) is 64.2 Å². The molecule has 0 radical (unpaired) electrons. The maximum atomic E-state index is 11.8. The third-order valence-electron chi connectivity index (χ3n) is 2.86. The summed E-state index contributed by atoms with van der Waals surface area (Å²) in [5, 5.41) is 1.62. The van der Waals surface area contributed by atoms with Gasteiger partial charge in [-0.1, -0.05) is 24.3 Å². The zero-order valence-corrected chi connectivity index (χ0v) is 12.3. The molecule has 0 saturated heterocycles. The Balaban J connectivity index is 2.00. The number of aliphatic imine (C=N–C) groups is 1. The van der Waals surface area contributed by atoms with Crippen molar-refractivity contribution in [2.24, 2.45) is 4.99 Å². The van der Waals surface area contributed by atoms with E-state index >= 15 is 0 Å². The number of rotatable bonds is 2. The first-order valence-corrected chi connectivity index (χ1v) is 8.14. The van der Waals surface area contributed by atoms with Crippen LogP contribution in [0.2, 0.25) is 0 Å². The average Bonchev–Trinajstić information content (AvgIpc) is 2.97. The smallest absolute Gasteiger partial charge is 0.188 e. The van der Waals surface area contributed by atoms with E-state index < -0.39 is 0 Å². The van der Waals surface area contributed by atoms with Crippen LogP contribution in [0.5, 0.6) is 5.75 Å². The molecule has 1 heterocycles. The van der Waals surface area contributed by atoms with Crippen LogP contribution in [0.3, 0.4) is 0 Å². The van der Waals surface area contributed by atoms with Crippen molar-refractivity contribution in [2.45, 2.75) is 0 Å². The zero-order valence-electron chi connectivity index (χ0n) is 10.7. The Morgan fingerprint density at radius 1 is 1.10 bits per heavy atom. The van der Waals surface area contributed by atoms with Gasteiger partial charge >= 0.3 is 0 Å². The van der Waals surface area contributed by atoms with E-state index in [0.717, 1.165) is 21.4 Å². The van der Waals surface area contributed by atoms with Gasteiger partial charge in [-0.2, -0.15) is 0 Å². The third-order valence-corrected chi connectivity index (χ3v) is 5.08. The summed E-state index contributed by atoms with van der Waals surface area (Å²) in [7, 11) is 4.70. The molecular weight excluding hydrogens is 290 g/mol. The molecule has 1 aromatic rings. The topological polar surface area (TPSA) is 38.7 Å². The van der Waals surface area contributed by atoms with E-state index in [1.54, 1.807) is 36.1 Å². The number of para-hydroxylation sites is 1. The van der Waals surface area contributed by atoms with Gasteiger partial charge in [0.1, 0.15) is 15.8 Å². The van der Waals surface area contributed by atoms with Gasteiger partial charge in [0.05, 0.1) is 12.7 Å². The molecule has 100 valence electrons. The summed E-state index contributed by atoms with van der Waals surface area (Å²) in [6.45, 7) is 0. The number of hydrogen-bond donors (Lipinski definition) is 0. The summed E-state index contributed by atoms with van der Waals surface area (Å²) < 4.78 is 5.35. The van der Waals surface area contributed by atoms with Crippen molar-refractivity contribution >= 4 is 32.4 Å². The molecule has 1 aliphatic carbocycles. The second-order valence-corrected chi connectivity index (χ2v) is 6.19. The summed E-state index contributed by atoms with van der Waals surface area (Å²) in [5.74, 6) is 0.789. The van der Waals surface area contributed by atoms with Crippen molar-refractivity contribution in [2.75, 3.05) is 7.11 Å². The van der Waals surface area contributed by atoms with E-state index in [0.29, 0.717) is 5.57 Å². The lowest BCUT2D eigenvalue weighted by atomic mass is 10.1. The van der Waals surface area contributed by atoms with E-state index in [1.165, 1.54) is 10.8 Å². The Hall–Kier alpha value is -1.72. The standard InChI is InChI=1S/C15H11NO2S2/c1-18-13-9-5-3-7-11(13)15-16-14(19-20-15)10-6-2-4-8-12(10)17/h2-9H,1H3/b14-10-. The number of carbonyl (C=O) groups excluding carboxylic acids is 1. The molecule has 0 saturated carbocycles. The highest BCUT2D eigenvalue weighted by atomic mass is 33.1. The Morgan fingerprint density at radius 2 is 1.90 bits per heavy atom. The number of ether oxygens (including phenoxy) is 1. The maximum absolute atomic E-state index is 11.8. The number of nitrogens with zero attached hydrogens (tertiary/aromatic N) is 1. The van der Waals surface area contributed by atoms with Crippen LogP contribution in [0, 0.1) is 0 Å². The molecule has 20 heavy (non-hydrogen) atoms. The molecule has 0 N–H and O–H groups in total. The quantitative estimate of drug-likeness (QED) is 0.616. The fourth-order valence-corrected chi connectivity index (χ4v) is 4.11. The Labute approximate surface area is 124 Å². The van der Waals surface area contributed by atoms with Crippen LogP contribution in [0.25, 0.3) is 0 Å². The van der Waals surface area contributed by atoms with Gasteiger partial charge in [0.25, 0.3) is 0 Å². The normalized spacial score (nSPS) is 21.2. The molecular formula is C15H11NO2S2. The van der Waals surface area contributed by atoms with Crippen LogP contribution in [-0.4, -0.2) is 17.9 Å². The van der Waals surface area contributed by atoms with Crippen molar-refractivity contribution in [1.82, 2.24) is 0 Å². The maximum Gasteiger partial charge on any atom is 0.188 e. The van der Waals surface area contributed by atoms with Crippen molar-refractivity contribution in [3.05, 3.63) is 64.7 Å². The van der Waals surface area contributed by atoms with Crippen LogP contribution < -0.4 is 4.74 Å². The summed E-state index contributed by atoms with van der Waals surface area (Å²) >= 11 is 0. The van der Waals surface area contributed by atoms with Gasteiger partial charge in [-0.05, 0) is 45.9 Å². The molecule has 1 aliphatic heterocycles. The number of benzene rings is 1. The minimum atomic E-state index is 0.000580. The lowest BCUT2D eigenvalue weighted by molar-refractivity contribution is -0.111. The third kappa shape index (κ3) is 2.46. The molecule has 1 aromatic carbocycles. The minimum Gasteiger partial charge on any atom is -0.496 e. The molecule has 0 bridgehead atoms. The van der Waals surface area contributed by atoms with Crippen molar-refractivity contribution < 1.29 is 9.53 Å². The highest BCUT2D eigenvalue weighted by Gasteiger charge is 2.22. The van der Waals surface area contributed by atoms with Crippen molar-refractivity contribution in [3.63, 3.8) is 0 Å². The van der Waals surface area contributed by atoms with Crippen LogP contribution in [-0.2, 0) is 4.79 Å². The highest BCUT2D eigenvalue weighted by Crippen LogP contribution is 2.45. The molecule has 0 fully saturated rings. The molecule has 0 spiro atoms. The van der Waals surface area contributed by atoms with Gasteiger partial charge in [0.2, 0.25) is 0 Å². The second-order valence-electron chi connectivity index (χ2n) is 4.09. The van der Waals surface area contributed by atoms with Crippen LogP contribution >= 0.6 is 21.6 Å². The number of carbonyl (C=O) groups is 1. The number of ketones is 1. The molecule has 5 heteroatoms. The van der Waals surface area contributed by atoms with Gasteiger partial charge in [-0.3, -0.25) is 4.79 Å². The van der Waals surface area contributed by atoms with Gasteiger partial charge < -0.3 is 4.74 Å². The summed E-state index contributed by atoms with van der Waals surface area (Å²) in [6.07, 6.45) is 6.96. The van der Waals surface area contributed by atoms with E-state index in [-0.39, 0.29) is 5.78 Å². The van der Waals surface area contributed by atoms with Gasteiger partial charge in [-0.25, -0.2) is 4.99 Å². The predicted molar refractivity (Wildman–Crippen MR) is 85.0 cm³/mol. The SMILES string of the molecule is COc1ccccc1C1=N/C(=C2\C=CC=CC2=O)SS1. The van der Waals surface area contributed by atoms with E-state index in [2.05, 4.69) is 4.99 Å². The number of allylic oxidation sites excluding steroid dienone is 5. The van der Waals surface area contributed by atoms with Crippen LogP contribution in [0.1, 0.15) is 5.56 Å². The first-order chi connectivity index (χ1) is 9.79. The minimum absolute atomic E-state index is 0.000580. The summed E-state index contributed by atoms with van der Waals surface area (Å²) in [5.41, 5.74) is 1.60. The average molecular weight is 301 g/mol. The summed E-state index contributed by atoms with van der Waals surface area (Å²) in [6, 6.07) is 7.75.